The summed E-state index contributed by atoms with van der Waals surface area (Å²) >= 11 is 6.50. The van der Waals surface area contributed by atoms with E-state index in [1.807, 2.05) is 0 Å². The van der Waals surface area contributed by atoms with Gasteiger partial charge in [0.05, 0.1) is 7.11 Å². The van der Waals surface area contributed by atoms with Crippen LogP contribution in [0.25, 0.3) is 0 Å². The zero-order chi connectivity index (χ0) is 14.3. The number of alkyl halides is 1. The second-order valence-electron chi connectivity index (χ2n) is 3.07. The minimum absolute atomic E-state index is 0.0630. The Kier molecular flexibility index (Phi) is 6.23. The standard InChI is InChI=1S/C10H12ClN3O4S/c1-3-18-14-8(9(16)17-2)6-5-19-10(12-6)13-7(15)4-11/h5H,3-4H2,1-2H3,(H,12,13,15)/b14-8-. The first-order valence-electron chi connectivity index (χ1n) is 5.22. The molecule has 1 N–H and O–H groups in total. The number of hydrogen-bond donors (Lipinski definition) is 1. The molecule has 0 bridgehead atoms. The van der Waals surface area contributed by atoms with Gasteiger partial charge < -0.3 is 14.9 Å². The highest BCUT2D eigenvalue weighted by Crippen LogP contribution is 2.16. The van der Waals surface area contributed by atoms with E-state index in [4.69, 9.17) is 16.4 Å². The molecular formula is C10H12ClN3O4S. The number of amides is 1. The second kappa shape index (κ2) is 7.70. The number of nitrogens with one attached hydrogen (secondary N) is 1. The van der Waals surface area contributed by atoms with E-state index < -0.39 is 5.97 Å². The number of esters is 1. The molecule has 0 aliphatic carbocycles. The first kappa shape index (κ1) is 15.4. The first-order valence-corrected chi connectivity index (χ1v) is 6.63. The third-order valence-corrected chi connectivity index (χ3v) is 2.78. The van der Waals surface area contributed by atoms with Crippen LogP contribution >= 0.6 is 22.9 Å². The molecule has 1 amide bonds. The van der Waals surface area contributed by atoms with Crippen LogP contribution in [0.1, 0.15) is 12.6 Å². The highest BCUT2D eigenvalue weighted by Gasteiger charge is 2.19. The average Bonchev–Trinajstić information content (AvgIpc) is 2.86. The fraction of sp³-hybridized carbons (Fsp3) is 0.400. The Morgan fingerprint density at radius 3 is 2.89 bits per heavy atom. The third-order valence-electron chi connectivity index (χ3n) is 1.78. The zero-order valence-corrected chi connectivity index (χ0v) is 11.9. The van der Waals surface area contributed by atoms with Gasteiger partial charge in [-0.15, -0.1) is 22.9 Å². The lowest BCUT2D eigenvalue weighted by atomic mass is 10.3. The van der Waals surface area contributed by atoms with E-state index in [1.165, 1.54) is 7.11 Å². The molecule has 0 spiro atoms. The molecule has 0 saturated heterocycles. The van der Waals surface area contributed by atoms with Gasteiger partial charge in [0.15, 0.2) is 5.13 Å². The van der Waals surface area contributed by atoms with Gasteiger partial charge in [0, 0.05) is 5.38 Å². The van der Waals surface area contributed by atoms with E-state index in [2.05, 4.69) is 20.2 Å². The van der Waals surface area contributed by atoms with Crippen molar-refractivity contribution in [3.63, 3.8) is 0 Å². The Morgan fingerprint density at radius 2 is 2.32 bits per heavy atom. The van der Waals surface area contributed by atoms with E-state index in [1.54, 1.807) is 12.3 Å². The molecule has 19 heavy (non-hydrogen) atoms. The molecule has 0 aliphatic rings. The molecule has 104 valence electrons. The summed E-state index contributed by atoms with van der Waals surface area (Å²) in [6.07, 6.45) is 0. The van der Waals surface area contributed by atoms with Crippen molar-refractivity contribution in [1.29, 1.82) is 0 Å². The maximum atomic E-state index is 11.5. The first-order chi connectivity index (χ1) is 9.12. The molecule has 7 nitrogen and oxygen atoms in total. The average molecular weight is 306 g/mol. The van der Waals surface area contributed by atoms with Crippen LogP contribution in [-0.2, 0) is 19.2 Å². The molecule has 1 rings (SSSR count). The number of carbonyl (C=O) groups excluding carboxylic acids is 2. The number of hydrogen-bond acceptors (Lipinski definition) is 7. The predicted octanol–water partition coefficient (Wildman–Crippen LogP) is 1.23. The number of anilines is 1. The summed E-state index contributed by atoms with van der Waals surface area (Å²) < 4.78 is 4.58. The molecule has 0 atom stereocenters. The van der Waals surface area contributed by atoms with Gasteiger partial charge in [0.1, 0.15) is 18.2 Å². The van der Waals surface area contributed by atoms with Crippen LogP contribution < -0.4 is 5.32 Å². The Bertz CT molecular complexity index is 489. The monoisotopic (exact) mass is 305 g/mol. The van der Waals surface area contributed by atoms with Gasteiger partial charge in [-0.2, -0.15) is 0 Å². The van der Waals surface area contributed by atoms with Crippen LogP contribution in [0.3, 0.4) is 0 Å². The SMILES string of the molecule is CCO/N=C(\C(=O)OC)c1csc(NC(=O)CCl)n1. The quantitative estimate of drug-likeness (QED) is 0.369. The molecule has 0 unspecified atom stereocenters. The Balaban J connectivity index is 2.92. The van der Waals surface area contributed by atoms with Crippen LogP contribution in [0, 0.1) is 0 Å². The number of thiazole rings is 1. The number of oxime groups is 1. The van der Waals surface area contributed by atoms with Crippen molar-refractivity contribution in [2.45, 2.75) is 6.92 Å². The summed E-state index contributed by atoms with van der Waals surface area (Å²) in [4.78, 5) is 31.5. The Labute approximate surface area is 118 Å². The highest BCUT2D eigenvalue weighted by molar-refractivity contribution is 7.14. The topological polar surface area (TPSA) is 89.9 Å². The number of halogens is 1. The van der Waals surface area contributed by atoms with Crippen LogP contribution in [0.15, 0.2) is 10.5 Å². The number of carbonyl (C=O) groups is 2. The van der Waals surface area contributed by atoms with Crippen molar-refractivity contribution in [1.82, 2.24) is 4.98 Å². The van der Waals surface area contributed by atoms with Crippen molar-refractivity contribution in [3.05, 3.63) is 11.1 Å². The van der Waals surface area contributed by atoms with Crippen molar-refractivity contribution >= 4 is 45.7 Å². The molecular weight excluding hydrogens is 294 g/mol. The minimum Gasteiger partial charge on any atom is -0.464 e. The van der Waals surface area contributed by atoms with Crippen molar-refractivity contribution < 1.29 is 19.2 Å². The van der Waals surface area contributed by atoms with Crippen LogP contribution in [-0.4, -0.2) is 42.2 Å². The number of aromatic nitrogens is 1. The van der Waals surface area contributed by atoms with E-state index in [-0.39, 0.29) is 23.2 Å². The maximum absolute atomic E-state index is 11.5. The molecule has 1 aromatic rings. The molecule has 9 heteroatoms. The van der Waals surface area contributed by atoms with Crippen LogP contribution in [0.4, 0.5) is 5.13 Å². The number of nitrogens with zero attached hydrogens (tertiary/aromatic N) is 2. The van der Waals surface area contributed by atoms with Gasteiger partial charge in [-0.05, 0) is 6.92 Å². The van der Waals surface area contributed by atoms with Gasteiger partial charge in [-0.3, -0.25) is 4.79 Å². The number of rotatable bonds is 6. The van der Waals surface area contributed by atoms with Crippen LogP contribution in [0.2, 0.25) is 0 Å². The normalized spacial score (nSPS) is 11.0. The van der Waals surface area contributed by atoms with E-state index in [0.29, 0.717) is 11.7 Å². The summed E-state index contributed by atoms with van der Waals surface area (Å²) in [7, 11) is 1.23. The molecule has 0 aromatic carbocycles. The smallest absolute Gasteiger partial charge is 0.362 e. The minimum atomic E-state index is -0.672. The van der Waals surface area contributed by atoms with E-state index in [9.17, 15) is 9.59 Å². The summed E-state index contributed by atoms with van der Waals surface area (Å²) in [5, 5.41) is 7.98. The summed E-state index contributed by atoms with van der Waals surface area (Å²) in [6.45, 7) is 2.03. The maximum Gasteiger partial charge on any atom is 0.362 e. The molecule has 0 radical (unpaired) electrons. The molecule has 0 aliphatic heterocycles. The van der Waals surface area contributed by atoms with Gasteiger partial charge in [0.25, 0.3) is 0 Å². The van der Waals surface area contributed by atoms with E-state index in [0.717, 1.165) is 11.3 Å². The summed E-state index contributed by atoms with van der Waals surface area (Å²) in [5.41, 5.74) is 0.196. The van der Waals surface area contributed by atoms with Crippen molar-refractivity contribution in [3.8, 4) is 0 Å². The Morgan fingerprint density at radius 1 is 1.58 bits per heavy atom. The summed E-state index contributed by atoms with van der Waals surface area (Å²) in [5.74, 6) is -1.23. The summed E-state index contributed by atoms with van der Waals surface area (Å²) in [6, 6.07) is 0. The second-order valence-corrected chi connectivity index (χ2v) is 4.19. The molecule has 1 heterocycles. The number of ether oxygens (including phenoxy) is 1. The fourth-order valence-electron chi connectivity index (χ4n) is 1.01. The molecule has 0 saturated carbocycles. The molecule has 1 aromatic heterocycles. The van der Waals surface area contributed by atoms with Gasteiger partial charge in [0.2, 0.25) is 11.6 Å². The van der Waals surface area contributed by atoms with Gasteiger partial charge in [-0.1, -0.05) is 5.16 Å². The van der Waals surface area contributed by atoms with Crippen molar-refractivity contribution in [2.75, 3.05) is 24.9 Å². The lowest BCUT2D eigenvalue weighted by Crippen LogP contribution is -2.18. The number of methoxy groups -OCH3 is 1. The predicted molar refractivity (Wildman–Crippen MR) is 71.6 cm³/mol. The molecule has 0 fully saturated rings. The van der Waals surface area contributed by atoms with Gasteiger partial charge >= 0.3 is 5.97 Å². The Hall–Kier alpha value is -1.67. The van der Waals surface area contributed by atoms with Crippen molar-refractivity contribution in [2.24, 2.45) is 5.16 Å². The largest absolute Gasteiger partial charge is 0.464 e. The highest BCUT2D eigenvalue weighted by atomic mass is 35.5. The lowest BCUT2D eigenvalue weighted by molar-refractivity contribution is -0.132. The fourth-order valence-corrected chi connectivity index (χ4v) is 1.79. The third kappa shape index (κ3) is 4.49. The van der Waals surface area contributed by atoms with E-state index >= 15 is 0 Å². The van der Waals surface area contributed by atoms with Gasteiger partial charge in [-0.25, -0.2) is 9.78 Å². The zero-order valence-electron chi connectivity index (χ0n) is 10.3. The lowest BCUT2D eigenvalue weighted by Gasteiger charge is -2.01. The van der Waals surface area contributed by atoms with Crippen LogP contribution in [0.5, 0.6) is 0 Å².